The number of rotatable bonds is 11. The smallest absolute Gasteiger partial charge is 0.00900 e. The van der Waals surface area contributed by atoms with Crippen molar-refractivity contribution in [2.75, 3.05) is 6.54 Å². The van der Waals surface area contributed by atoms with Gasteiger partial charge in [0.25, 0.3) is 0 Å². The normalized spacial score (nSPS) is 13.3. The van der Waals surface area contributed by atoms with Crippen molar-refractivity contribution in [2.24, 2.45) is 5.92 Å². The van der Waals surface area contributed by atoms with Crippen LogP contribution in [0.5, 0.6) is 0 Å². The second kappa shape index (κ2) is 11.4. The predicted octanol–water partition coefficient (Wildman–Crippen LogP) is 4.76. The Labute approximate surface area is 103 Å². The van der Waals surface area contributed by atoms with Crippen LogP contribution in [0.1, 0.15) is 79.1 Å². The van der Waals surface area contributed by atoms with Gasteiger partial charge in [-0.2, -0.15) is 0 Å². The topological polar surface area (TPSA) is 12.0 Å². The minimum Gasteiger partial charge on any atom is -0.314 e. The van der Waals surface area contributed by atoms with Crippen molar-refractivity contribution in [1.82, 2.24) is 5.32 Å². The average molecular weight is 227 g/mol. The Balaban J connectivity index is 3.44. The van der Waals surface area contributed by atoms with Crippen LogP contribution in [0.2, 0.25) is 0 Å². The lowest BCUT2D eigenvalue weighted by Gasteiger charge is -2.22. The third kappa shape index (κ3) is 9.21. The van der Waals surface area contributed by atoms with Crippen LogP contribution in [0, 0.1) is 5.92 Å². The van der Waals surface area contributed by atoms with Crippen molar-refractivity contribution in [2.45, 2.75) is 85.1 Å². The van der Waals surface area contributed by atoms with Gasteiger partial charge in [-0.15, -0.1) is 0 Å². The van der Waals surface area contributed by atoms with E-state index in [2.05, 4.69) is 33.0 Å². The summed E-state index contributed by atoms with van der Waals surface area (Å²) in [6.45, 7) is 10.4. The zero-order valence-corrected chi connectivity index (χ0v) is 12.0. The Hall–Kier alpha value is -0.0400. The Morgan fingerprint density at radius 3 is 2.00 bits per heavy atom. The van der Waals surface area contributed by atoms with E-state index in [1.165, 1.54) is 57.9 Å². The van der Waals surface area contributed by atoms with Gasteiger partial charge in [0.15, 0.2) is 0 Å². The summed E-state index contributed by atoms with van der Waals surface area (Å²) in [4.78, 5) is 0. The summed E-state index contributed by atoms with van der Waals surface area (Å²) < 4.78 is 0. The Bertz CT molecular complexity index is 131. The van der Waals surface area contributed by atoms with Crippen LogP contribution in [-0.2, 0) is 0 Å². The highest BCUT2D eigenvalue weighted by Gasteiger charge is 2.11. The van der Waals surface area contributed by atoms with Gasteiger partial charge in [-0.05, 0) is 25.3 Å². The summed E-state index contributed by atoms with van der Waals surface area (Å²) in [5.41, 5.74) is 0. The molecular weight excluding hydrogens is 194 g/mol. The van der Waals surface area contributed by atoms with Gasteiger partial charge in [0.05, 0.1) is 0 Å². The van der Waals surface area contributed by atoms with Crippen LogP contribution in [0.4, 0.5) is 0 Å². The van der Waals surface area contributed by atoms with Gasteiger partial charge in [0, 0.05) is 6.04 Å². The van der Waals surface area contributed by atoms with E-state index in [9.17, 15) is 0 Å². The summed E-state index contributed by atoms with van der Waals surface area (Å²) in [7, 11) is 0. The first-order valence-electron chi connectivity index (χ1n) is 7.45. The molecule has 0 saturated carbocycles. The first-order chi connectivity index (χ1) is 7.72. The molecular formula is C15H33N. The highest BCUT2D eigenvalue weighted by molar-refractivity contribution is 4.70. The van der Waals surface area contributed by atoms with Gasteiger partial charge in [-0.25, -0.2) is 0 Å². The molecule has 0 bridgehead atoms. The summed E-state index contributed by atoms with van der Waals surface area (Å²) in [6, 6.07) is 0.742. The summed E-state index contributed by atoms with van der Waals surface area (Å²) in [5.74, 6) is 0.780. The molecule has 98 valence electrons. The molecule has 0 amide bonds. The standard InChI is InChI=1S/C15H33N/c1-5-7-8-9-10-11-12-15(14(3)4)16-13-6-2/h14-16H,5-13H2,1-4H3. The molecule has 0 spiro atoms. The van der Waals surface area contributed by atoms with Crippen molar-refractivity contribution < 1.29 is 0 Å². The van der Waals surface area contributed by atoms with Gasteiger partial charge in [-0.1, -0.05) is 66.2 Å². The maximum absolute atomic E-state index is 3.67. The summed E-state index contributed by atoms with van der Waals surface area (Å²) >= 11 is 0. The number of unbranched alkanes of at least 4 members (excludes halogenated alkanes) is 5. The molecule has 16 heavy (non-hydrogen) atoms. The zero-order chi connectivity index (χ0) is 12.2. The largest absolute Gasteiger partial charge is 0.314 e. The van der Waals surface area contributed by atoms with E-state index in [0.717, 1.165) is 12.0 Å². The third-order valence-corrected chi connectivity index (χ3v) is 3.33. The van der Waals surface area contributed by atoms with E-state index in [-0.39, 0.29) is 0 Å². The fourth-order valence-corrected chi connectivity index (χ4v) is 2.15. The lowest BCUT2D eigenvalue weighted by molar-refractivity contribution is 0.364. The molecule has 1 heteroatoms. The van der Waals surface area contributed by atoms with Gasteiger partial charge >= 0.3 is 0 Å². The SMILES string of the molecule is CCCCCCCCC(NCCC)C(C)C. The molecule has 1 unspecified atom stereocenters. The van der Waals surface area contributed by atoms with E-state index in [1.807, 2.05) is 0 Å². The molecule has 1 N–H and O–H groups in total. The Morgan fingerprint density at radius 1 is 0.812 bits per heavy atom. The molecule has 0 radical (unpaired) electrons. The van der Waals surface area contributed by atoms with Crippen molar-refractivity contribution >= 4 is 0 Å². The maximum Gasteiger partial charge on any atom is 0.00900 e. The first kappa shape index (κ1) is 16.0. The highest BCUT2D eigenvalue weighted by Crippen LogP contribution is 2.13. The van der Waals surface area contributed by atoms with Crippen molar-refractivity contribution in [3.05, 3.63) is 0 Å². The van der Waals surface area contributed by atoms with Crippen molar-refractivity contribution in [3.8, 4) is 0 Å². The quantitative estimate of drug-likeness (QED) is 0.502. The van der Waals surface area contributed by atoms with Crippen LogP contribution in [-0.4, -0.2) is 12.6 Å². The molecule has 0 aromatic rings. The minimum atomic E-state index is 0.742. The summed E-state index contributed by atoms with van der Waals surface area (Å²) in [6.07, 6.45) is 11.1. The van der Waals surface area contributed by atoms with E-state index in [1.54, 1.807) is 0 Å². The molecule has 0 heterocycles. The monoisotopic (exact) mass is 227 g/mol. The van der Waals surface area contributed by atoms with Gasteiger partial charge < -0.3 is 5.32 Å². The van der Waals surface area contributed by atoms with E-state index in [0.29, 0.717) is 0 Å². The molecule has 0 aliphatic rings. The van der Waals surface area contributed by atoms with E-state index < -0.39 is 0 Å². The molecule has 1 atom stereocenters. The lowest BCUT2D eigenvalue weighted by Crippen LogP contribution is -2.34. The molecule has 0 aliphatic heterocycles. The van der Waals surface area contributed by atoms with Crippen LogP contribution < -0.4 is 5.32 Å². The molecule has 0 aromatic carbocycles. The predicted molar refractivity (Wildman–Crippen MR) is 74.9 cm³/mol. The molecule has 1 nitrogen and oxygen atoms in total. The van der Waals surface area contributed by atoms with Gasteiger partial charge in [0.2, 0.25) is 0 Å². The second-order valence-corrected chi connectivity index (χ2v) is 5.36. The molecule has 0 fully saturated rings. The van der Waals surface area contributed by atoms with Crippen LogP contribution in [0.25, 0.3) is 0 Å². The highest BCUT2D eigenvalue weighted by atomic mass is 14.9. The van der Waals surface area contributed by atoms with Crippen molar-refractivity contribution in [3.63, 3.8) is 0 Å². The first-order valence-corrected chi connectivity index (χ1v) is 7.45. The average Bonchev–Trinajstić information content (AvgIpc) is 2.26. The fraction of sp³-hybridized carbons (Fsp3) is 1.00. The van der Waals surface area contributed by atoms with Crippen molar-refractivity contribution in [1.29, 1.82) is 0 Å². The third-order valence-electron chi connectivity index (χ3n) is 3.33. The zero-order valence-electron chi connectivity index (χ0n) is 12.0. The number of hydrogen-bond acceptors (Lipinski definition) is 1. The second-order valence-electron chi connectivity index (χ2n) is 5.36. The Kier molecular flexibility index (Phi) is 11.4. The van der Waals surface area contributed by atoms with Gasteiger partial charge in [-0.3, -0.25) is 0 Å². The maximum atomic E-state index is 3.67. The Morgan fingerprint density at radius 2 is 1.44 bits per heavy atom. The number of hydrogen-bond donors (Lipinski definition) is 1. The van der Waals surface area contributed by atoms with Crippen LogP contribution in [0.3, 0.4) is 0 Å². The molecule has 0 saturated heterocycles. The molecule has 0 aliphatic carbocycles. The van der Waals surface area contributed by atoms with Crippen LogP contribution in [0.15, 0.2) is 0 Å². The molecule has 0 aromatic heterocycles. The van der Waals surface area contributed by atoms with E-state index >= 15 is 0 Å². The van der Waals surface area contributed by atoms with Gasteiger partial charge in [0.1, 0.15) is 0 Å². The summed E-state index contributed by atoms with van der Waals surface area (Å²) in [5, 5.41) is 3.67. The van der Waals surface area contributed by atoms with Crippen LogP contribution >= 0.6 is 0 Å². The fourth-order valence-electron chi connectivity index (χ4n) is 2.15. The number of nitrogens with one attached hydrogen (secondary N) is 1. The lowest BCUT2D eigenvalue weighted by atomic mass is 9.97. The minimum absolute atomic E-state index is 0.742. The van der Waals surface area contributed by atoms with E-state index in [4.69, 9.17) is 0 Å². The molecule has 0 rings (SSSR count).